The molecule has 2 rings (SSSR count). The van der Waals surface area contributed by atoms with Gasteiger partial charge in [-0.1, -0.05) is 12.1 Å². The molecule has 0 bridgehead atoms. The van der Waals surface area contributed by atoms with Crippen molar-refractivity contribution in [3.8, 4) is 0 Å². The van der Waals surface area contributed by atoms with E-state index in [0.29, 0.717) is 13.2 Å². The summed E-state index contributed by atoms with van der Waals surface area (Å²) in [5, 5.41) is 12.1. The standard InChI is InChI=1S/C14H19NO4/c1-10-6-15-7-13(19-10)9-18-8-11-2-4-12(5-3-11)14(16)17/h2-5,10,13,15H,6-9H2,1H3,(H,16,17). The molecular weight excluding hydrogens is 246 g/mol. The zero-order chi connectivity index (χ0) is 13.7. The Labute approximate surface area is 112 Å². The maximum atomic E-state index is 10.7. The second-order valence-electron chi connectivity index (χ2n) is 4.74. The first kappa shape index (κ1) is 14.0. The molecule has 2 atom stereocenters. The SMILES string of the molecule is CC1CNCC(COCc2ccc(C(=O)O)cc2)O1. The van der Waals surface area contributed by atoms with Crippen molar-refractivity contribution in [2.45, 2.75) is 25.7 Å². The van der Waals surface area contributed by atoms with Gasteiger partial charge in [-0.2, -0.15) is 0 Å². The smallest absolute Gasteiger partial charge is 0.335 e. The van der Waals surface area contributed by atoms with Crippen LogP contribution in [0, 0.1) is 0 Å². The van der Waals surface area contributed by atoms with Gasteiger partial charge in [0, 0.05) is 13.1 Å². The van der Waals surface area contributed by atoms with E-state index in [-0.39, 0.29) is 17.8 Å². The highest BCUT2D eigenvalue weighted by atomic mass is 16.5. The highest BCUT2D eigenvalue weighted by Gasteiger charge is 2.18. The summed E-state index contributed by atoms with van der Waals surface area (Å²) in [6, 6.07) is 6.71. The van der Waals surface area contributed by atoms with Gasteiger partial charge in [0.15, 0.2) is 0 Å². The normalized spacial score (nSPS) is 23.2. The lowest BCUT2D eigenvalue weighted by molar-refractivity contribution is -0.0716. The molecule has 0 spiro atoms. The molecule has 2 N–H and O–H groups in total. The van der Waals surface area contributed by atoms with Gasteiger partial charge >= 0.3 is 5.97 Å². The van der Waals surface area contributed by atoms with E-state index < -0.39 is 5.97 Å². The summed E-state index contributed by atoms with van der Waals surface area (Å²) in [5.41, 5.74) is 1.25. The van der Waals surface area contributed by atoms with E-state index in [9.17, 15) is 4.79 Å². The monoisotopic (exact) mass is 265 g/mol. The zero-order valence-corrected chi connectivity index (χ0v) is 11.0. The van der Waals surface area contributed by atoms with Gasteiger partial charge in [0.25, 0.3) is 0 Å². The van der Waals surface area contributed by atoms with Gasteiger partial charge in [-0.3, -0.25) is 0 Å². The van der Waals surface area contributed by atoms with Crippen molar-refractivity contribution in [1.29, 1.82) is 0 Å². The van der Waals surface area contributed by atoms with Crippen LogP contribution in [0.25, 0.3) is 0 Å². The van der Waals surface area contributed by atoms with Crippen molar-refractivity contribution >= 4 is 5.97 Å². The number of hydrogen-bond acceptors (Lipinski definition) is 4. The topological polar surface area (TPSA) is 67.8 Å². The Bertz CT molecular complexity index is 418. The first-order valence-electron chi connectivity index (χ1n) is 6.41. The van der Waals surface area contributed by atoms with Crippen molar-refractivity contribution in [2.24, 2.45) is 0 Å². The number of ether oxygens (including phenoxy) is 2. The van der Waals surface area contributed by atoms with E-state index in [1.54, 1.807) is 24.3 Å². The Hall–Kier alpha value is -1.43. The number of nitrogens with one attached hydrogen (secondary N) is 1. The molecule has 0 amide bonds. The molecule has 1 fully saturated rings. The van der Waals surface area contributed by atoms with Crippen LogP contribution < -0.4 is 5.32 Å². The zero-order valence-electron chi connectivity index (χ0n) is 11.0. The predicted molar refractivity (Wildman–Crippen MR) is 70.3 cm³/mol. The Morgan fingerprint density at radius 2 is 2.16 bits per heavy atom. The van der Waals surface area contributed by atoms with Crippen LogP contribution in [-0.2, 0) is 16.1 Å². The number of aromatic carboxylic acids is 1. The summed E-state index contributed by atoms with van der Waals surface area (Å²) in [7, 11) is 0. The quantitative estimate of drug-likeness (QED) is 0.839. The molecule has 104 valence electrons. The van der Waals surface area contributed by atoms with Crippen LogP contribution in [0.3, 0.4) is 0 Å². The Balaban J connectivity index is 1.74. The Morgan fingerprint density at radius 1 is 1.42 bits per heavy atom. The fourth-order valence-corrected chi connectivity index (χ4v) is 2.02. The van der Waals surface area contributed by atoms with E-state index in [2.05, 4.69) is 5.32 Å². The van der Waals surface area contributed by atoms with Crippen molar-refractivity contribution in [1.82, 2.24) is 5.32 Å². The third kappa shape index (κ3) is 4.31. The molecule has 1 aromatic rings. The molecule has 0 radical (unpaired) electrons. The predicted octanol–water partition coefficient (Wildman–Crippen LogP) is 1.28. The van der Waals surface area contributed by atoms with Crippen LogP contribution in [-0.4, -0.2) is 43.0 Å². The van der Waals surface area contributed by atoms with E-state index >= 15 is 0 Å². The molecule has 1 heterocycles. The van der Waals surface area contributed by atoms with Crippen molar-refractivity contribution in [3.05, 3.63) is 35.4 Å². The Morgan fingerprint density at radius 3 is 2.79 bits per heavy atom. The second-order valence-corrected chi connectivity index (χ2v) is 4.74. The third-order valence-corrected chi connectivity index (χ3v) is 3.00. The fraction of sp³-hybridized carbons (Fsp3) is 0.500. The highest BCUT2D eigenvalue weighted by Crippen LogP contribution is 2.08. The molecule has 0 aliphatic carbocycles. The average molecular weight is 265 g/mol. The summed E-state index contributed by atoms with van der Waals surface area (Å²) >= 11 is 0. The van der Waals surface area contributed by atoms with E-state index in [1.165, 1.54) is 0 Å². The van der Waals surface area contributed by atoms with Crippen molar-refractivity contribution in [2.75, 3.05) is 19.7 Å². The van der Waals surface area contributed by atoms with Gasteiger partial charge < -0.3 is 19.9 Å². The Kier molecular flexibility index (Phi) is 4.90. The third-order valence-electron chi connectivity index (χ3n) is 3.00. The summed E-state index contributed by atoms with van der Waals surface area (Å²) < 4.78 is 11.3. The van der Waals surface area contributed by atoms with Crippen LogP contribution in [0.5, 0.6) is 0 Å². The van der Waals surface area contributed by atoms with Gasteiger partial charge in [0.05, 0.1) is 31.0 Å². The summed E-state index contributed by atoms with van der Waals surface area (Å²) in [4.78, 5) is 10.7. The fourth-order valence-electron chi connectivity index (χ4n) is 2.02. The van der Waals surface area contributed by atoms with Gasteiger partial charge in [0.1, 0.15) is 0 Å². The van der Waals surface area contributed by atoms with Crippen LogP contribution in [0.4, 0.5) is 0 Å². The highest BCUT2D eigenvalue weighted by molar-refractivity contribution is 5.87. The van der Waals surface area contributed by atoms with Crippen LogP contribution in [0.1, 0.15) is 22.8 Å². The lowest BCUT2D eigenvalue weighted by atomic mass is 10.1. The summed E-state index contributed by atoms with van der Waals surface area (Å²) in [6.45, 7) is 4.73. The first-order valence-corrected chi connectivity index (χ1v) is 6.41. The molecule has 5 nitrogen and oxygen atoms in total. The number of morpholine rings is 1. The first-order chi connectivity index (χ1) is 9.15. The van der Waals surface area contributed by atoms with Crippen LogP contribution in [0.15, 0.2) is 24.3 Å². The number of rotatable bonds is 5. The largest absolute Gasteiger partial charge is 0.478 e. The molecule has 1 aliphatic rings. The molecule has 1 saturated heterocycles. The van der Waals surface area contributed by atoms with Gasteiger partial charge in [-0.05, 0) is 24.6 Å². The minimum Gasteiger partial charge on any atom is -0.478 e. The molecule has 2 unspecified atom stereocenters. The average Bonchev–Trinajstić information content (AvgIpc) is 2.39. The van der Waals surface area contributed by atoms with Crippen LogP contribution >= 0.6 is 0 Å². The molecular formula is C14H19NO4. The summed E-state index contributed by atoms with van der Waals surface area (Å²) in [6.07, 6.45) is 0.305. The molecule has 19 heavy (non-hydrogen) atoms. The minimum atomic E-state index is -0.914. The van der Waals surface area contributed by atoms with Crippen LogP contribution in [0.2, 0.25) is 0 Å². The van der Waals surface area contributed by atoms with Gasteiger partial charge in [-0.15, -0.1) is 0 Å². The lowest BCUT2D eigenvalue weighted by Gasteiger charge is -2.28. The van der Waals surface area contributed by atoms with Crippen molar-refractivity contribution < 1.29 is 19.4 Å². The maximum absolute atomic E-state index is 10.7. The molecule has 5 heteroatoms. The lowest BCUT2D eigenvalue weighted by Crippen LogP contribution is -2.45. The van der Waals surface area contributed by atoms with Gasteiger partial charge in [0.2, 0.25) is 0 Å². The molecule has 0 aromatic heterocycles. The minimum absolute atomic E-state index is 0.0852. The number of benzene rings is 1. The van der Waals surface area contributed by atoms with E-state index in [1.807, 2.05) is 6.92 Å². The van der Waals surface area contributed by atoms with Gasteiger partial charge in [-0.25, -0.2) is 4.79 Å². The number of carboxylic acids is 1. The van der Waals surface area contributed by atoms with E-state index in [0.717, 1.165) is 18.7 Å². The number of carbonyl (C=O) groups is 1. The maximum Gasteiger partial charge on any atom is 0.335 e. The molecule has 0 saturated carbocycles. The second kappa shape index (κ2) is 6.65. The van der Waals surface area contributed by atoms with E-state index in [4.69, 9.17) is 14.6 Å². The van der Waals surface area contributed by atoms with Crippen molar-refractivity contribution in [3.63, 3.8) is 0 Å². The molecule has 1 aromatic carbocycles. The number of hydrogen-bond donors (Lipinski definition) is 2. The number of carboxylic acid groups (broad SMARTS) is 1. The summed E-state index contributed by atoms with van der Waals surface area (Å²) in [5.74, 6) is -0.914. The molecule has 1 aliphatic heterocycles.